The molecule has 76 valence electrons. The van der Waals surface area contributed by atoms with Gasteiger partial charge in [-0.2, -0.15) is 0 Å². The molecule has 0 spiro atoms. The van der Waals surface area contributed by atoms with Crippen LogP contribution in [0, 0.1) is 6.92 Å². The number of aryl methyl sites for hydroxylation is 1. The molecule has 0 saturated carbocycles. The van der Waals surface area contributed by atoms with Gasteiger partial charge < -0.3 is 4.90 Å². The van der Waals surface area contributed by atoms with E-state index in [1.807, 2.05) is 19.2 Å². The summed E-state index contributed by atoms with van der Waals surface area (Å²) in [6, 6.07) is 1.96. The molecule has 0 aliphatic carbocycles. The molecule has 0 bridgehead atoms. The van der Waals surface area contributed by atoms with Gasteiger partial charge in [-0.25, -0.2) is 9.97 Å². The predicted molar refractivity (Wildman–Crippen MR) is 56.2 cm³/mol. The van der Waals surface area contributed by atoms with Crippen LogP contribution in [-0.4, -0.2) is 35.0 Å². The van der Waals surface area contributed by atoms with E-state index in [4.69, 9.17) is 0 Å². The zero-order chi connectivity index (χ0) is 9.97. The number of piperidine rings is 1. The zero-order valence-corrected chi connectivity index (χ0v) is 8.90. The van der Waals surface area contributed by atoms with Crippen molar-refractivity contribution in [3.05, 3.63) is 23.8 Å². The lowest BCUT2D eigenvalue weighted by Gasteiger charge is -2.27. The molecule has 0 unspecified atom stereocenters. The third-order valence-electron chi connectivity index (χ3n) is 2.90. The highest BCUT2D eigenvalue weighted by Gasteiger charge is 2.20. The fourth-order valence-electron chi connectivity index (χ4n) is 1.93. The Bertz CT molecular complexity index is 303. The summed E-state index contributed by atoms with van der Waals surface area (Å²) >= 11 is 0. The minimum atomic E-state index is 0.575. The lowest BCUT2D eigenvalue weighted by molar-refractivity contribution is 0.251. The van der Waals surface area contributed by atoms with Crippen LogP contribution in [0.4, 0.5) is 0 Å². The first-order chi connectivity index (χ1) is 6.75. The van der Waals surface area contributed by atoms with Crippen molar-refractivity contribution in [1.82, 2.24) is 14.9 Å². The largest absolute Gasteiger partial charge is 0.306 e. The van der Waals surface area contributed by atoms with E-state index in [2.05, 4.69) is 21.9 Å². The molecule has 1 aliphatic rings. The number of rotatable bonds is 1. The molecule has 1 saturated heterocycles. The number of likely N-dealkylation sites (tertiary alicyclic amines) is 1. The van der Waals surface area contributed by atoms with Crippen LogP contribution in [-0.2, 0) is 0 Å². The summed E-state index contributed by atoms with van der Waals surface area (Å²) in [6.07, 6.45) is 4.26. The van der Waals surface area contributed by atoms with Crippen molar-refractivity contribution in [3.8, 4) is 0 Å². The maximum absolute atomic E-state index is 4.49. The highest BCUT2D eigenvalue weighted by atomic mass is 15.1. The molecule has 0 aromatic carbocycles. The van der Waals surface area contributed by atoms with Crippen LogP contribution < -0.4 is 0 Å². The van der Waals surface area contributed by atoms with Crippen molar-refractivity contribution in [1.29, 1.82) is 0 Å². The van der Waals surface area contributed by atoms with E-state index < -0.39 is 0 Å². The van der Waals surface area contributed by atoms with Gasteiger partial charge >= 0.3 is 0 Å². The van der Waals surface area contributed by atoms with E-state index in [0.717, 1.165) is 11.5 Å². The van der Waals surface area contributed by atoms with Gasteiger partial charge in [0.1, 0.15) is 5.82 Å². The molecule has 3 nitrogen and oxygen atoms in total. The normalized spacial score (nSPS) is 19.9. The predicted octanol–water partition coefficient (Wildman–Crippen LogP) is 1.59. The Labute approximate surface area is 85.2 Å². The minimum absolute atomic E-state index is 0.575. The number of nitrogens with zero attached hydrogens (tertiary/aromatic N) is 3. The quantitative estimate of drug-likeness (QED) is 0.675. The van der Waals surface area contributed by atoms with E-state index in [-0.39, 0.29) is 0 Å². The molecule has 3 heteroatoms. The minimum Gasteiger partial charge on any atom is -0.306 e. The second kappa shape index (κ2) is 4.05. The van der Waals surface area contributed by atoms with Crippen LogP contribution in [0.15, 0.2) is 12.3 Å². The highest BCUT2D eigenvalue weighted by Crippen LogP contribution is 2.24. The van der Waals surface area contributed by atoms with Crippen molar-refractivity contribution in [3.63, 3.8) is 0 Å². The van der Waals surface area contributed by atoms with Crippen LogP contribution >= 0.6 is 0 Å². The number of hydrogen-bond donors (Lipinski definition) is 0. The first kappa shape index (κ1) is 9.59. The van der Waals surface area contributed by atoms with Gasteiger partial charge in [0.2, 0.25) is 0 Å². The molecular weight excluding hydrogens is 174 g/mol. The van der Waals surface area contributed by atoms with Crippen LogP contribution in [0.2, 0.25) is 0 Å². The third kappa shape index (κ3) is 2.10. The molecule has 1 aliphatic heterocycles. The van der Waals surface area contributed by atoms with Gasteiger partial charge in [0.15, 0.2) is 0 Å². The first-order valence-corrected chi connectivity index (χ1v) is 5.24. The average molecular weight is 191 g/mol. The summed E-state index contributed by atoms with van der Waals surface area (Å²) in [7, 11) is 2.17. The Morgan fingerprint density at radius 2 is 2.07 bits per heavy atom. The SMILES string of the molecule is Cc1ccnc(C2CCN(C)CC2)n1. The molecular formula is C11H17N3. The topological polar surface area (TPSA) is 29.0 Å². The summed E-state index contributed by atoms with van der Waals surface area (Å²) in [6.45, 7) is 4.37. The summed E-state index contributed by atoms with van der Waals surface area (Å²) < 4.78 is 0. The molecule has 1 aromatic heterocycles. The Balaban J connectivity index is 2.08. The van der Waals surface area contributed by atoms with E-state index in [0.29, 0.717) is 5.92 Å². The van der Waals surface area contributed by atoms with E-state index in [1.165, 1.54) is 25.9 Å². The Morgan fingerprint density at radius 1 is 1.36 bits per heavy atom. The highest BCUT2D eigenvalue weighted by molar-refractivity contribution is 5.04. The molecule has 0 radical (unpaired) electrons. The van der Waals surface area contributed by atoms with Crippen molar-refractivity contribution in [2.24, 2.45) is 0 Å². The number of aromatic nitrogens is 2. The molecule has 14 heavy (non-hydrogen) atoms. The van der Waals surface area contributed by atoms with Gasteiger partial charge in [0, 0.05) is 17.8 Å². The summed E-state index contributed by atoms with van der Waals surface area (Å²) in [5.41, 5.74) is 1.08. The van der Waals surface area contributed by atoms with Gasteiger partial charge in [-0.15, -0.1) is 0 Å². The van der Waals surface area contributed by atoms with Gasteiger partial charge in [-0.3, -0.25) is 0 Å². The third-order valence-corrected chi connectivity index (χ3v) is 2.90. The molecule has 0 N–H and O–H groups in total. The maximum Gasteiger partial charge on any atom is 0.131 e. The monoisotopic (exact) mass is 191 g/mol. The van der Waals surface area contributed by atoms with E-state index in [9.17, 15) is 0 Å². The number of hydrogen-bond acceptors (Lipinski definition) is 3. The fraction of sp³-hybridized carbons (Fsp3) is 0.636. The fourth-order valence-corrected chi connectivity index (χ4v) is 1.93. The van der Waals surface area contributed by atoms with E-state index in [1.54, 1.807) is 0 Å². The van der Waals surface area contributed by atoms with Crippen molar-refractivity contribution < 1.29 is 0 Å². The van der Waals surface area contributed by atoms with Gasteiger partial charge in [-0.1, -0.05) is 0 Å². The molecule has 2 rings (SSSR count). The van der Waals surface area contributed by atoms with Gasteiger partial charge in [0.05, 0.1) is 0 Å². The van der Waals surface area contributed by atoms with Crippen LogP contribution in [0.5, 0.6) is 0 Å². The first-order valence-electron chi connectivity index (χ1n) is 5.24. The van der Waals surface area contributed by atoms with Gasteiger partial charge in [0.25, 0.3) is 0 Å². The van der Waals surface area contributed by atoms with E-state index >= 15 is 0 Å². The Kier molecular flexibility index (Phi) is 2.77. The van der Waals surface area contributed by atoms with Crippen LogP contribution in [0.25, 0.3) is 0 Å². The summed E-state index contributed by atoms with van der Waals surface area (Å²) in [4.78, 5) is 11.2. The standard InChI is InChI=1S/C11H17N3/c1-9-3-6-12-11(13-9)10-4-7-14(2)8-5-10/h3,6,10H,4-5,7-8H2,1-2H3. The second-order valence-electron chi connectivity index (χ2n) is 4.13. The lowest BCUT2D eigenvalue weighted by Crippen LogP contribution is -2.29. The maximum atomic E-state index is 4.49. The molecule has 2 heterocycles. The smallest absolute Gasteiger partial charge is 0.131 e. The molecule has 1 aromatic rings. The van der Waals surface area contributed by atoms with Crippen LogP contribution in [0.1, 0.15) is 30.3 Å². The molecule has 1 fully saturated rings. The lowest BCUT2D eigenvalue weighted by atomic mass is 9.96. The second-order valence-corrected chi connectivity index (χ2v) is 4.13. The summed E-state index contributed by atoms with van der Waals surface area (Å²) in [5, 5.41) is 0. The zero-order valence-electron chi connectivity index (χ0n) is 8.90. The van der Waals surface area contributed by atoms with Crippen LogP contribution in [0.3, 0.4) is 0 Å². The molecule has 0 amide bonds. The Morgan fingerprint density at radius 3 is 2.71 bits per heavy atom. The van der Waals surface area contributed by atoms with Crippen molar-refractivity contribution in [2.45, 2.75) is 25.7 Å². The molecule has 0 atom stereocenters. The summed E-state index contributed by atoms with van der Waals surface area (Å²) in [5.74, 6) is 1.62. The van der Waals surface area contributed by atoms with Crippen molar-refractivity contribution in [2.75, 3.05) is 20.1 Å². The van der Waals surface area contributed by atoms with Crippen molar-refractivity contribution >= 4 is 0 Å². The Hall–Kier alpha value is -0.960. The van der Waals surface area contributed by atoms with Gasteiger partial charge in [-0.05, 0) is 46.0 Å². The average Bonchev–Trinajstić information content (AvgIpc) is 2.19.